The maximum Gasteiger partial charge on any atom is 0.139 e. The van der Waals surface area contributed by atoms with Crippen molar-refractivity contribution < 1.29 is 4.39 Å². The van der Waals surface area contributed by atoms with Crippen LogP contribution in [0.3, 0.4) is 0 Å². The van der Waals surface area contributed by atoms with Crippen LogP contribution in [0.25, 0.3) is 33.3 Å². The standard InChI is InChI=1S/C24H23FN4/c1-4-29(5-2)24-20-14-17(9-11-22(20)27-15-28-24)19-7-6-12-26-23(19)18-8-10-21(25)16(3)13-18/h6-15H,4-5H2,1-3H3. The number of pyridine rings is 1. The molecule has 0 saturated carbocycles. The van der Waals surface area contributed by atoms with Gasteiger partial charge in [0.05, 0.1) is 11.2 Å². The summed E-state index contributed by atoms with van der Waals surface area (Å²) in [6.45, 7) is 7.76. The summed E-state index contributed by atoms with van der Waals surface area (Å²) >= 11 is 0. The van der Waals surface area contributed by atoms with E-state index in [4.69, 9.17) is 0 Å². The third kappa shape index (κ3) is 3.56. The van der Waals surface area contributed by atoms with E-state index in [0.29, 0.717) is 5.56 Å². The molecule has 0 aliphatic carbocycles. The van der Waals surface area contributed by atoms with Crippen LogP contribution in [-0.2, 0) is 0 Å². The Hall–Kier alpha value is -3.34. The summed E-state index contributed by atoms with van der Waals surface area (Å²) in [6, 6.07) is 15.3. The fraction of sp³-hybridized carbons (Fsp3) is 0.208. The van der Waals surface area contributed by atoms with E-state index >= 15 is 0 Å². The average molecular weight is 386 g/mol. The fourth-order valence-corrected chi connectivity index (χ4v) is 3.65. The number of aromatic nitrogens is 3. The van der Waals surface area contributed by atoms with Crippen molar-refractivity contribution in [1.82, 2.24) is 15.0 Å². The summed E-state index contributed by atoms with van der Waals surface area (Å²) in [4.78, 5) is 15.8. The Labute approximate surface area is 170 Å². The zero-order chi connectivity index (χ0) is 20.4. The number of nitrogens with zero attached hydrogens (tertiary/aromatic N) is 4. The lowest BCUT2D eigenvalue weighted by Gasteiger charge is -2.21. The summed E-state index contributed by atoms with van der Waals surface area (Å²) in [5.74, 6) is 0.725. The van der Waals surface area contributed by atoms with E-state index in [9.17, 15) is 4.39 Å². The van der Waals surface area contributed by atoms with Gasteiger partial charge in [-0.2, -0.15) is 0 Å². The molecule has 29 heavy (non-hydrogen) atoms. The van der Waals surface area contributed by atoms with Crippen molar-refractivity contribution in [2.45, 2.75) is 20.8 Å². The van der Waals surface area contributed by atoms with Crippen LogP contribution in [0.2, 0.25) is 0 Å². The second kappa shape index (κ2) is 7.95. The number of hydrogen-bond donors (Lipinski definition) is 0. The van der Waals surface area contributed by atoms with Gasteiger partial charge >= 0.3 is 0 Å². The zero-order valence-corrected chi connectivity index (χ0v) is 16.9. The number of fused-ring (bicyclic) bond motifs is 1. The second-order valence-corrected chi connectivity index (χ2v) is 6.97. The summed E-state index contributed by atoms with van der Waals surface area (Å²) in [5, 5.41) is 1.01. The van der Waals surface area contributed by atoms with Gasteiger partial charge in [0.25, 0.3) is 0 Å². The molecule has 0 aliphatic rings. The molecule has 2 aromatic heterocycles. The molecule has 0 radical (unpaired) electrons. The van der Waals surface area contributed by atoms with Crippen LogP contribution in [0, 0.1) is 12.7 Å². The van der Waals surface area contributed by atoms with Gasteiger partial charge in [-0.3, -0.25) is 4.98 Å². The number of aryl methyl sites for hydroxylation is 1. The predicted octanol–water partition coefficient (Wildman–Crippen LogP) is 5.65. The van der Waals surface area contributed by atoms with Crippen LogP contribution >= 0.6 is 0 Å². The minimum absolute atomic E-state index is 0.210. The highest BCUT2D eigenvalue weighted by Gasteiger charge is 2.14. The molecule has 0 unspecified atom stereocenters. The molecule has 4 rings (SSSR count). The zero-order valence-electron chi connectivity index (χ0n) is 16.9. The molecule has 4 nitrogen and oxygen atoms in total. The Morgan fingerprint density at radius 2 is 1.69 bits per heavy atom. The van der Waals surface area contributed by atoms with Crippen molar-refractivity contribution in [2.75, 3.05) is 18.0 Å². The molecule has 0 saturated heterocycles. The van der Waals surface area contributed by atoms with Gasteiger partial charge in [-0.15, -0.1) is 0 Å². The monoisotopic (exact) mass is 386 g/mol. The van der Waals surface area contributed by atoms with E-state index < -0.39 is 0 Å². The molecule has 0 aliphatic heterocycles. The van der Waals surface area contributed by atoms with Gasteiger partial charge in [-0.25, -0.2) is 14.4 Å². The highest BCUT2D eigenvalue weighted by Crippen LogP contribution is 2.34. The molecular weight excluding hydrogens is 363 g/mol. The summed E-state index contributed by atoms with van der Waals surface area (Å²) in [6.07, 6.45) is 3.38. The third-order valence-electron chi connectivity index (χ3n) is 5.23. The van der Waals surface area contributed by atoms with Crippen LogP contribution < -0.4 is 4.90 Å². The summed E-state index contributed by atoms with van der Waals surface area (Å²) in [5.41, 5.74) is 5.27. The second-order valence-electron chi connectivity index (χ2n) is 6.97. The van der Waals surface area contributed by atoms with Gasteiger partial charge in [0.15, 0.2) is 0 Å². The molecule has 5 heteroatoms. The van der Waals surface area contributed by atoms with Crippen molar-refractivity contribution in [3.05, 3.63) is 72.4 Å². The first-order valence-corrected chi connectivity index (χ1v) is 9.84. The predicted molar refractivity (Wildman–Crippen MR) is 116 cm³/mol. The van der Waals surface area contributed by atoms with Gasteiger partial charge in [0.2, 0.25) is 0 Å². The van der Waals surface area contributed by atoms with Gasteiger partial charge in [-0.1, -0.05) is 12.1 Å². The number of halogens is 1. The highest BCUT2D eigenvalue weighted by atomic mass is 19.1. The topological polar surface area (TPSA) is 41.9 Å². The van der Waals surface area contributed by atoms with Crippen LogP contribution in [-0.4, -0.2) is 28.0 Å². The number of hydrogen-bond acceptors (Lipinski definition) is 4. The lowest BCUT2D eigenvalue weighted by Crippen LogP contribution is -2.23. The fourth-order valence-electron chi connectivity index (χ4n) is 3.65. The molecule has 146 valence electrons. The molecule has 0 fully saturated rings. The lowest BCUT2D eigenvalue weighted by atomic mass is 9.97. The highest BCUT2D eigenvalue weighted by molar-refractivity contribution is 5.94. The first-order chi connectivity index (χ1) is 14.1. The van der Waals surface area contributed by atoms with E-state index in [1.807, 2.05) is 24.3 Å². The maximum absolute atomic E-state index is 13.8. The van der Waals surface area contributed by atoms with Crippen molar-refractivity contribution in [3.8, 4) is 22.4 Å². The normalized spacial score (nSPS) is 11.0. The van der Waals surface area contributed by atoms with Crippen molar-refractivity contribution in [1.29, 1.82) is 0 Å². The minimum atomic E-state index is -0.210. The molecule has 0 amide bonds. The largest absolute Gasteiger partial charge is 0.357 e. The molecule has 0 bridgehead atoms. The first-order valence-electron chi connectivity index (χ1n) is 9.84. The smallest absolute Gasteiger partial charge is 0.139 e. The number of benzene rings is 2. The molecular formula is C24H23FN4. The van der Waals surface area contributed by atoms with Gasteiger partial charge in [-0.05, 0) is 68.3 Å². The molecule has 0 N–H and O–H groups in total. The molecule has 4 aromatic rings. The van der Waals surface area contributed by atoms with E-state index in [2.05, 4.69) is 45.8 Å². The third-order valence-corrected chi connectivity index (χ3v) is 5.23. The van der Waals surface area contributed by atoms with Crippen molar-refractivity contribution >= 4 is 16.7 Å². The van der Waals surface area contributed by atoms with E-state index in [-0.39, 0.29) is 5.82 Å². The number of rotatable bonds is 5. The molecule has 2 aromatic carbocycles. The molecule has 0 atom stereocenters. The quantitative estimate of drug-likeness (QED) is 0.444. The van der Waals surface area contributed by atoms with Gasteiger partial charge < -0.3 is 4.90 Å². The Bertz CT molecular complexity index is 1170. The number of anilines is 1. The minimum Gasteiger partial charge on any atom is -0.357 e. The van der Waals surface area contributed by atoms with E-state index in [0.717, 1.165) is 52.2 Å². The van der Waals surface area contributed by atoms with Crippen LogP contribution in [0.5, 0.6) is 0 Å². The maximum atomic E-state index is 13.8. The molecule has 2 heterocycles. The Morgan fingerprint density at radius 1 is 0.897 bits per heavy atom. The van der Waals surface area contributed by atoms with Gasteiger partial charge in [0.1, 0.15) is 18.0 Å². The van der Waals surface area contributed by atoms with Crippen LogP contribution in [0.1, 0.15) is 19.4 Å². The van der Waals surface area contributed by atoms with Crippen LogP contribution in [0.4, 0.5) is 10.2 Å². The summed E-state index contributed by atoms with van der Waals surface area (Å²) < 4.78 is 13.8. The van der Waals surface area contributed by atoms with Gasteiger partial charge in [0, 0.05) is 35.8 Å². The average Bonchev–Trinajstić information content (AvgIpc) is 2.76. The van der Waals surface area contributed by atoms with Crippen molar-refractivity contribution in [3.63, 3.8) is 0 Å². The Morgan fingerprint density at radius 3 is 2.45 bits per heavy atom. The van der Waals surface area contributed by atoms with Crippen LogP contribution in [0.15, 0.2) is 61.1 Å². The Balaban J connectivity index is 1.90. The molecule has 0 spiro atoms. The van der Waals surface area contributed by atoms with E-state index in [1.54, 1.807) is 25.5 Å². The SMILES string of the molecule is CCN(CC)c1ncnc2ccc(-c3cccnc3-c3ccc(F)c(C)c3)cc12. The Kier molecular flexibility index (Phi) is 5.21. The summed E-state index contributed by atoms with van der Waals surface area (Å²) in [7, 11) is 0. The van der Waals surface area contributed by atoms with Crippen molar-refractivity contribution in [2.24, 2.45) is 0 Å². The lowest BCUT2D eigenvalue weighted by molar-refractivity contribution is 0.619. The van der Waals surface area contributed by atoms with E-state index in [1.165, 1.54) is 6.07 Å². The first kappa shape index (κ1) is 19.0.